The molecule has 3 aromatic carbocycles. The van der Waals surface area contributed by atoms with Crippen LogP contribution in [0.5, 0.6) is 11.5 Å². The van der Waals surface area contributed by atoms with E-state index in [2.05, 4.69) is 10.5 Å². The minimum absolute atomic E-state index is 0.0197. The molecule has 0 atom stereocenters. The van der Waals surface area contributed by atoms with E-state index in [1.165, 1.54) is 18.2 Å². The lowest BCUT2D eigenvalue weighted by Gasteiger charge is -2.05. The summed E-state index contributed by atoms with van der Waals surface area (Å²) in [5.41, 5.74) is 1.98. The molecule has 0 aliphatic heterocycles. The maximum atomic E-state index is 12.2. The van der Waals surface area contributed by atoms with Crippen molar-refractivity contribution in [2.45, 2.75) is 0 Å². The van der Waals surface area contributed by atoms with Gasteiger partial charge in [-0.25, -0.2) is 5.43 Å². The van der Waals surface area contributed by atoms with Crippen LogP contribution >= 0.6 is 0 Å². The molecule has 0 saturated heterocycles. The summed E-state index contributed by atoms with van der Waals surface area (Å²) in [6, 6.07) is 13.7. The summed E-state index contributed by atoms with van der Waals surface area (Å²) in [6.07, 6.45) is 1.05. The van der Waals surface area contributed by atoms with Crippen molar-refractivity contribution >= 4 is 28.6 Å². The number of amides is 1. The minimum atomic E-state index is -0.674. The van der Waals surface area contributed by atoms with Gasteiger partial charge in [0.2, 0.25) is 0 Å². The van der Waals surface area contributed by atoms with E-state index in [9.17, 15) is 25.1 Å². The number of hydrogen-bond acceptors (Lipinski definition) is 6. The van der Waals surface area contributed by atoms with Crippen LogP contribution in [-0.4, -0.2) is 27.3 Å². The first-order valence-electron chi connectivity index (χ1n) is 7.48. The average molecular weight is 351 g/mol. The Morgan fingerprint density at radius 2 is 1.77 bits per heavy atom. The average Bonchev–Trinajstić information content (AvgIpc) is 2.60. The number of benzene rings is 3. The number of nitro benzene ring substituents is 1. The zero-order valence-corrected chi connectivity index (χ0v) is 13.3. The maximum absolute atomic E-state index is 12.2. The Bertz CT molecular complexity index is 1050. The van der Waals surface area contributed by atoms with E-state index in [4.69, 9.17) is 0 Å². The fraction of sp³-hybridized carbons (Fsp3) is 0. The van der Waals surface area contributed by atoms with Crippen LogP contribution in [-0.2, 0) is 0 Å². The van der Waals surface area contributed by atoms with Gasteiger partial charge in [-0.2, -0.15) is 5.10 Å². The van der Waals surface area contributed by atoms with Gasteiger partial charge in [0.15, 0.2) is 0 Å². The number of nitrogens with one attached hydrogen (secondary N) is 1. The summed E-state index contributed by atoms with van der Waals surface area (Å²) in [5, 5.41) is 35.6. The van der Waals surface area contributed by atoms with Gasteiger partial charge in [0.05, 0.1) is 22.3 Å². The summed E-state index contributed by atoms with van der Waals surface area (Å²) in [5.74, 6) is -1.05. The van der Waals surface area contributed by atoms with Crippen molar-refractivity contribution in [1.29, 1.82) is 0 Å². The van der Waals surface area contributed by atoms with Gasteiger partial charge in [0, 0.05) is 6.07 Å². The van der Waals surface area contributed by atoms with E-state index in [-0.39, 0.29) is 28.3 Å². The number of nitro groups is 1. The predicted octanol–water partition coefficient (Wildman–Crippen LogP) is 2.92. The molecule has 0 saturated carbocycles. The predicted molar refractivity (Wildman–Crippen MR) is 95.4 cm³/mol. The summed E-state index contributed by atoms with van der Waals surface area (Å²) in [6.45, 7) is 0. The number of phenols is 2. The first-order valence-corrected chi connectivity index (χ1v) is 7.48. The highest BCUT2D eigenvalue weighted by Crippen LogP contribution is 2.25. The minimum Gasteiger partial charge on any atom is -0.508 e. The lowest BCUT2D eigenvalue weighted by atomic mass is 10.1. The molecular formula is C18H13N3O5. The highest BCUT2D eigenvalue weighted by molar-refractivity contribution is 6.01. The quantitative estimate of drug-likeness (QED) is 0.378. The number of carbonyl (C=O) groups is 1. The van der Waals surface area contributed by atoms with Crippen molar-refractivity contribution in [3.63, 3.8) is 0 Å². The van der Waals surface area contributed by atoms with Crippen LogP contribution in [0.3, 0.4) is 0 Å². The molecule has 0 aliphatic carbocycles. The van der Waals surface area contributed by atoms with Crippen LogP contribution in [0.1, 0.15) is 15.9 Å². The molecule has 0 bridgehead atoms. The lowest BCUT2D eigenvalue weighted by Crippen LogP contribution is -2.17. The highest BCUT2D eigenvalue weighted by atomic mass is 16.6. The number of hydrazone groups is 1. The molecule has 0 aromatic heterocycles. The van der Waals surface area contributed by atoms with Crippen molar-refractivity contribution in [2.24, 2.45) is 5.10 Å². The topological polar surface area (TPSA) is 125 Å². The summed E-state index contributed by atoms with van der Waals surface area (Å²) < 4.78 is 0. The number of nitrogens with zero attached hydrogens (tertiary/aromatic N) is 2. The normalized spacial score (nSPS) is 10.9. The molecule has 3 aromatic rings. The van der Waals surface area contributed by atoms with Crippen molar-refractivity contribution in [3.05, 3.63) is 75.8 Å². The second-order valence-electron chi connectivity index (χ2n) is 5.42. The third kappa shape index (κ3) is 3.44. The van der Waals surface area contributed by atoms with Crippen LogP contribution in [0.25, 0.3) is 10.8 Å². The van der Waals surface area contributed by atoms with Gasteiger partial charge in [-0.05, 0) is 35.0 Å². The van der Waals surface area contributed by atoms with E-state index >= 15 is 0 Å². The third-order valence-corrected chi connectivity index (χ3v) is 3.69. The number of rotatable bonds is 4. The fourth-order valence-corrected chi connectivity index (χ4v) is 2.44. The molecule has 0 aliphatic rings. The molecule has 3 rings (SSSR count). The fourth-order valence-electron chi connectivity index (χ4n) is 2.44. The van der Waals surface area contributed by atoms with Gasteiger partial charge in [0.25, 0.3) is 11.6 Å². The molecule has 0 heterocycles. The summed E-state index contributed by atoms with van der Waals surface area (Å²) >= 11 is 0. The Hall–Kier alpha value is -3.94. The van der Waals surface area contributed by atoms with Crippen LogP contribution in [0, 0.1) is 10.1 Å². The van der Waals surface area contributed by atoms with Crippen LogP contribution in [0.15, 0.2) is 59.7 Å². The highest BCUT2D eigenvalue weighted by Gasteiger charge is 2.14. The zero-order valence-electron chi connectivity index (χ0n) is 13.3. The number of carbonyl (C=O) groups excluding carboxylic acids is 1. The van der Waals surface area contributed by atoms with E-state index in [0.29, 0.717) is 0 Å². The van der Waals surface area contributed by atoms with Gasteiger partial charge < -0.3 is 10.2 Å². The van der Waals surface area contributed by atoms with Gasteiger partial charge in [0.1, 0.15) is 11.5 Å². The first kappa shape index (κ1) is 16.9. The van der Waals surface area contributed by atoms with Crippen molar-refractivity contribution in [3.8, 4) is 11.5 Å². The molecule has 3 N–H and O–H groups in total. The molecule has 0 unspecified atom stereocenters. The third-order valence-electron chi connectivity index (χ3n) is 3.69. The number of hydrogen-bond donors (Lipinski definition) is 3. The van der Waals surface area contributed by atoms with Crippen LogP contribution in [0.2, 0.25) is 0 Å². The number of aromatic hydroxyl groups is 2. The van der Waals surface area contributed by atoms with Crippen molar-refractivity contribution < 1.29 is 19.9 Å². The zero-order chi connectivity index (χ0) is 18.7. The van der Waals surface area contributed by atoms with Gasteiger partial charge in [-0.1, -0.05) is 24.3 Å². The largest absolute Gasteiger partial charge is 0.508 e. The van der Waals surface area contributed by atoms with Crippen molar-refractivity contribution in [1.82, 2.24) is 5.43 Å². The van der Waals surface area contributed by atoms with E-state index in [0.717, 1.165) is 29.1 Å². The molecule has 130 valence electrons. The Labute approximate surface area is 147 Å². The molecule has 8 heteroatoms. The second kappa shape index (κ2) is 6.89. The van der Waals surface area contributed by atoms with Gasteiger partial charge in [-0.3, -0.25) is 14.9 Å². The standard InChI is InChI=1S/C18H13N3O5/c22-14-5-6-16(21(25)26)13(7-14)10-19-20-18(24)15-8-11-3-1-2-4-12(11)9-17(15)23/h1-10,22-23H,(H,20,24)/b19-10+. The SMILES string of the molecule is O=C(N/N=C/c1cc(O)ccc1[N+](=O)[O-])c1cc2ccccc2cc1O. The van der Waals surface area contributed by atoms with E-state index < -0.39 is 10.8 Å². The van der Waals surface area contributed by atoms with Crippen LogP contribution in [0.4, 0.5) is 5.69 Å². The van der Waals surface area contributed by atoms with Crippen molar-refractivity contribution in [2.75, 3.05) is 0 Å². The Kier molecular flexibility index (Phi) is 4.48. The molecule has 26 heavy (non-hydrogen) atoms. The molecule has 0 radical (unpaired) electrons. The molecule has 0 spiro atoms. The first-order chi connectivity index (χ1) is 12.5. The molecule has 8 nitrogen and oxygen atoms in total. The maximum Gasteiger partial charge on any atom is 0.278 e. The molecule has 1 amide bonds. The smallest absolute Gasteiger partial charge is 0.278 e. The number of phenolic OH excluding ortho intramolecular Hbond substituents is 2. The van der Waals surface area contributed by atoms with Crippen LogP contribution < -0.4 is 5.43 Å². The molecular weight excluding hydrogens is 338 g/mol. The lowest BCUT2D eigenvalue weighted by molar-refractivity contribution is -0.385. The Balaban J connectivity index is 1.83. The number of fused-ring (bicyclic) bond motifs is 1. The molecule has 0 fully saturated rings. The van der Waals surface area contributed by atoms with Gasteiger partial charge >= 0.3 is 0 Å². The Morgan fingerprint density at radius 3 is 2.46 bits per heavy atom. The van der Waals surface area contributed by atoms with E-state index in [1.54, 1.807) is 18.2 Å². The van der Waals surface area contributed by atoms with Gasteiger partial charge in [-0.15, -0.1) is 0 Å². The Morgan fingerprint density at radius 1 is 1.08 bits per heavy atom. The second-order valence-corrected chi connectivity index (χ2v) is 5.42. The summed E-state index contributed by atoms with van der Waals surface area (Å²) in [4.78, 5) is 22.6. The van der Waals surface area contributed by atoms with E-state index in [1.807, 2.05) is 6.07 Å². The monoisotopic (exact) mass is 351 g/mol. The summed E-state index contributed by atoms with van der Waals surface area (Å²) in [7, 11) is 0.